The van der Waals surface area contributed by atoms with Gasteiger partial charge < -0.3 is 16.6 Å². The van der Waals surface area contributed by atoms with E-state index < -0.39 is 0 Å². The molecule has 1 aromatic rings. The zero-order valence-corrected chi connectivity index (χ0v) is 7.57. The van der Waals surface area contributed by atoms with E-state index in [9.17, 15) is 0 Å². The van der Waals surface area contributed by atoms with Crippen LogP contribution in [-0.2, 0) is 0 Å². The molecule has 14 heavy (non-hydrogen) atoms. The molecule has 1 rings (SSSR count). The number of hydrogen-bond acceptors (Lipinski definition) is 3. The molecule has 0 atom stereocenters. The Hall–Kier alpha value is -2.17. The summed E-state index contributed by atoms with van der Waals surface area (Å²) in [7, 11) is 0. The van der Waals surface area contributed by atoms with Gasteiger partial charge in [0.1, 0.15) is 5.75 Å². The van der Waals surface area contributed by atoms with Gasteiger partial charge in [-0.25, -0.2) is 0 Å². The Morgan fingerprint density at radius 3 is 2.36 bits per heavy atom. The molecule has 0 aliphatic carbocycles. The molecule has 0 radical (unpaired) electrons. The number of guanidine groups is 1. The van der Waals surface area contributed by atoms with Crippen LogP contribution in [0.25, 0.3) is 5.70 Å². The number of nitrogens with zero attached hydrogens (tertiary/aromatic N) is 1. The summed E-state index contributed by atoms with van der Waals surface area (Å²) >= 11 is 0. The summed E-state index contributed by atoms with van der Waals surface area (Å²) in [4.78, 5) is 0. The molecule has 74 valence electrons. The average Bonchev–Trinajstić information content (AvgIpc) is 2.15. The van der Waals surface area contributed by atoms with E-state index in [1.807, 2.05) is 0 Å². The van der Waals surface area contributed by atoms with Gasteiger partial charge in [-0.05, 0) is 29.8 Å². The van der Waals surface area contributed by atoms with E-state index >= 15 is 0 Å². The number of rotatable bonds is 3. The second-order valence-electron chi connectivity index (χ2n) is 2.67. The van der Waals surface area contributed by atoms with Gasteiger partial charge in [0.2, 0.25) is 5.96 Å². The lowest BCUT2D eigenvalue weighted by Gasteiger charge is -2.04. The molecule has 6 N–H and O–H groups in total. The Morgan fingerprint density at radius 1 is 1.29 bits per heavy atom. The smallest absolute Gasteiger partial charge is 0.208 e. The summed E-state index contributed by atoms with van der Waals surface area (Å²) < 4.78 is 0. The minimum Gasteiger partial charge on any atom is -0.508 e. The zero-order chi connectivity index (χ0) is 10.6. The van der Waals surface area contributed by atoms with Crippen molar-refractivity contribution in [3.05, 3.63) is 36.4 Å². The molecule has 0 fully saturated rings. The third-order valence-corrected chi connectivity index (χ3v) is 1.54. The molecule has 0 saturated carbocycles. The minimum atomic E-state index is -0.0649. The predicted molar refractivity (Wildman–Crippen MR) is 56.1 cm³/mol. The largest absolute Gasteiger partial charge is 0.508 e. The van der Waals surface area contributed by atoms with Gasteiger partial charge in [-0.15, -0.1) is 5.10 Å². The van der Waals surface area contributed by atoms with E-state index in [1.54, 1.807) is 24.3 Å². The molecule has 0 amide bonds. The third-order valence-electron chi connectivity index (χ3n) is 1.54. The van der Waals surface area contributed by atoms with Crippen molar-refractivity contribution in [3.8, 4) is 5.75 Å². The van der Waals surface area contributed by atoms with Gasteiger partial charge in [0.05, 0.1) is 5.70 Å². The van der Waals surface area contributed by atoms with Crippen LogP contribution in [0.2, 0.25) is 0 Å². The summed E-state index contributed by atoms with van der Waals surface area (Å²) in [6.07, 6.45) is 0. The van der Waals surface area contributed by atoms with Crippen molar-refractivity contribution in [1.29, 1.82) is 0 Å². The Kier molecular flexibility index (Phi) is 2.96. The van der Waals surface area contributed by atoms with Crippen LogP contribution in [0.15, 0.2) is 35.9 Å². The Labute approximate surface area is 81.7 Å². The highest BCUT2D eigenvalue weighted by Gasteiger charge is 1.96. The Balaban J connectivity index is 2.70. The molecule has 0 unspecified atom stereocenters. The highest BCUT2D eigenvalue weighted by atomic mass is 16.3. The molecule has 5 nitrogen and oxygen atoms in total. The number of hydrazone groups is 1. The fraction of sp³-hybridized carbons (Fsp3) is 0. The van der Waals surface area contributed by atoms with Gasteiger partial charge in [0.15, 0.2) is 0 Å². The summed E-state index contributed by atoms with van der Waals surface area (Å²) in [6.45, 7) is 3.72. The first-order valence-electron chi connectivity index (χ1n) is 3.92. The van der Waals surface area contributed by atoms with E-state index in [0.717, 1.165) is 5.56 Å². The van der Waals surface area contributed by atoms with E-state index in [2.05, 4.69) is 17.1 Å². The van der Waals surface area contributed by atoms with Crippen molar-refractivity contribution < 1.29 is 5.11 Å². The monoisotopic (exact) mass is 192 g/mol. The maximum Gasteiger partial charge on any atom is 0.208 e. The fourth-order valence-electron chi connectivity index (χ4n) is 0.859. The van der Waals surface area contributed by atoms with Gasteiger partial charge in [-0.3, -0.25) is 5.43 Å². The maximum atomic E-state index is 9.04. The van der Waals surface area contributed by atoms with Crippen LogP contribution in [0, 0.1) is 0 Å². The van der Waals surface area contributed by atoms with E-state index in [4.69, 9.17) is 16.6 Å². The molecule has 1 aromatic carbocycles. The normalized spacial score (nSPS) is 9.14. The van der Waals surface area contributed by atoms with E-state index in [1.165, 1.54) is 0 Å². The molecule has 0 aliphatic rings. The fourth-order valence-corrected chi connectivity index (χ4v) is 0.859. The van der Waals surface area contributed by atoms with Crippen LogP contribution in [-0.4, -0.2) is 11.1 Å². The molecule has 0 saturated heterocycles. The summed E-state index contributed by atoms with van der Waals surface area (Å²) in [5, 5.41) is 12.6. The molecule has 0 aliphatic heterocycles. The highest BCUT2D eigenvalue weighted by Crippen LogP contribution is 2.14. The highest BCUT2D eigenvalue weighted by molar-refractivity contribution is 5.76. The summed E-state index contributed by atoms with van der Waals surface area (Å²) in [5.74, 6) is 0.133. The lowest BCUT2D eigenvalue weighted by molar-refractivity contribution is 0.475. The second kappa shape index (κ2) is 4.18. The molecular formula is C9H12N4O. The SMILES string of the molecule is C=C(NN=C(N)N)c1ccc(O)cc1. The summed E-state index contributed by atoms with van der Waals surface area (Å²) in [5.41, 5.74) is 14.2. The lowest BCUT2D eigenvalue weighted by Crippen LogP contribution is -2.25. The van der Waals surface area contributed by atoms with Gasteiger partial charge >= 0.3 is 0 Å². The first-order chi connectivity index (χ1) is 6.59. The number of benzene rings is 1. The number of aromatic hydroxyl groups is 1. The number of phenolic OH excluding ortho intramolecular Hbond substituents is 1. The topological polar surface area (TPSA) is 96.7 Å². The second-order valence-corrected chi connectivity index (χ2v) is 2.67. The number of nitrogens with two attached hydrogens (primary N) is 2. The summed E-state index contributed by atoms with van der Waals surface area (Å²) in [6, 6.07) is 6.51. The van der Waals surface area contributed by atoms with Crippen molar-refractivity contribution in [2.75, 3.05) is 0 Å². The number of phenols is 1. The molecule has 0 heterocycles. The minimum absolute atomic E-state index is 0.0649. The van der Waals surface area contributed by atoms with E-state index in [0.29, 0.717) is 5.70 Å². The molecule has 0 aromatic heterocycles. The molecule has 0 bridgehead atoms. The quantitative estimate of drug-likeness (QED) is 0.311. The van der Waals surface area contributed by atoms with Crippen LogP contribution in [0.5, 0.6) is 5.75 Å². The number of nitrogens with one attached hydrogen (secondary N) is 1. The first-order valence-corrected chi connectivity index (χ1v) is 3.92. The van der Waals surface area contributed by atoms with Crippen LogP contribution < -0.4 is 16.9 Å². The third kappa shape index (κ3) is 2.71. The van der Waals surface area contributed by atoms with Gasteiger partial charge in [0, 0.05) is 0 Å². The Bertz CT molecular complexity index is 352. The van der Waals surface area contributed by atoms with Crippen molar-refractivity contribution in [2.24, 2.45) is 16.6 Å². The lowest BCUT2D eigenvalue weighted by atomic mass is 10.2. The van der Waals surface area contributed by atoms with Crippen molar-refractivity contribution in [3.63, 3.8) is 0 Å². The van der Waals surface area contributed by atoms with Crippen LogP contribution in [0.1, 0.15) is 5.56 Å². The van der Waals surface area contributed by atoms with E-state index in [-0.39, 0.29) is 11.7 Å². The first kappa shape index (κ1) is 9.91. The van der Waals surface area contributed by atoms with Crippen LogP contribution in [0.4, 0.5) is 0 Å². The number of hydrogen-bond donors (Lipinski definition) is 4. The van der Waals surface area contributed by atoms with Gasteiger partial charge in [-0.2, -0.15) is 0 Å². The standard InChI is InChI=1S/C9H12N4O/c1-6(12-13-9(10)11)7-2-4-8(14)5-3-7/h2-5,12,14H,1H2,(H4,10,11,13). The Morgan fingerprint density at radius 2 is 1.86 bits per heavy atom. The molecule has 5 heteroatoms. The average molecular weight is 192 g/mol. The van der Waals surface area contributed by atoms with Gasteiger partial charge in [-0.1, -0.05) is 6.58 Å². The predicted octanol–water partition coefficient (Wildman–Crippen LogP) is 0.141. The van der Waals surface area contributed by atoms with Crippen LogP contribution >= 0.6 is 0 Å². The maximum absolute atomic E-state index is 9.04. The zero-order valence-electron chi connectivity index (χ0n) is 7.57. The van der Waals surface area contributed by atoms with Gasteiger partial charge in [0.25, 0.3) is 0 Å². The van der Waals surface area contributed by atoms with Crippen molar-refractivity contribution in [1.82, 2.24) is 5.43 Å². The van der Waals surface area contributed by atoms with Crippen molar-refractivity contribution in [2.45, 2.75) is 0 Å². The molecular weight excluding hydrogens is 180 g/mol. The van der Waals surface area contributed by atoms with Crippen molar-refractivity contribution >= 4 is 11.7 Å². The molecule has 0 spiro atoms. The van der Waals surface area contributed by atoms with Crippen LogP contribution in [0.3, 0.4) is 0 Å².